The number of alkyl halides is 3. The molecule has 1 unspecified atom stereocenters. The Hall–Kier alpha value is -0.820. The van der Waals surface area contributed by atoms with Gasteiger partial charge in [0.25, 0.3) is 0 Å². The van der Waals surface area contributed by atoms with Gasteiger partial charge in [-0.2, -0.15) is 13.2 Å². The number of hydrogen-bond acceptors (Lipinski definition) is 3. The third-order valence-corrected chi connectivity index (χ3v) is 1.93. The number of halogens is 3. The fourth-order valence-electron chi connectivity index (χ4n) is 0.751. The zero-order chi connectivity index (χ0) is 12.1. The molecule has 0 bridgehead atoms. The van der Waals surface area contributed by atoms with Crippen LogP contribution in [0.3, 0.4) is 0 Å². The van der Waals surface area contributed by atoms with Gasteiger partial charge in [-0.05, 0) is 19.8 Å². The first-order chi connectivity index (χ1) is 6.73. The van der Waals surface area contributed by atoms with Gasteiger partial charge in [-0.15, -0.1) is 0 Å². The van der Waals surface area contributed by atoms with Crippen LogP contribution in [0, 0.1) is 0 Å². The van der Waals surface area contributed by atoms with Crippen LogP contribution in [0.15, 0.2) is 0 Å². The fourth-order valence-corrected chi connectivity index (χ4v) is 0.751. The van der Waals surface area contributed by atoms with Gasteiger partial charge in [-0.25, -0.2) is 0 Å². The number of carbonyl (C=O) groups excluding carboxylic acids is 1. The van der Waals surface area contributed by atoms with Crippen LogP contribution in [0.5, 0.6) is 0 Å². The van der Waals surface area contributed by atoms with Crippen LogP contribution < -0.4 is 11.1 Å². The minimum Gasteiger partial charge on any atom is -0.396 e. The predicted molar refractivity (Wildman–Crippen MR) is 48.0 cm³/mol. The summed E-state index contributed by atoms with van der Waals surface area (Å²) in [6.45, 7) is 0.631. The van der Waals surface area contributed by atoms with Crippen LogP contribution in [0.1, 0.15) is 19.8 Å². The Morgan fingerprint density at radius 2 is 1.93 bits per heavy atom. The highest BCUT2D eigenvalue weighted by Crippen LogP contribution is 2.27. The number of nitrogens with one attached hydrogen (secondary N) is 1. The maximum atomic E-state index is 12.2. The van der Waals surface area contributed by atoms with E-state index in [0.29, 0.717) is 19.8 Å². The normalized spacial score (nSPS) is 15.9. The lowest BCUT2D eigenvalue weighted by Crippen LogP contribution is -2.61. The average molecular weight is 228 g/mol. The lowest BCUT2D eigenvalue weighted by Gasteiger charge is -2.26. The average Bonchev–Trinajstić information content (AvgIpc) is 2.10. The van der Waals surface area contributed by atoms with E-state index in [9.17, 15) is 18.0 Å². The van der Waals surface area contributed by atoms with E-state index in [2.05, 4.69) is 5.32 Å². The zero-order valence-electron chi connectivity index (χ0n) is 8.40. The van der Waals surface area contributed by atoms with E-state index in [1.165, 1.54) is 0 Å². The lowest BCUT2D eigenvalue weighted by atomic mass is 10.0. The van der Waals surface area contributed by atoms with E-state index in [0.717, 1.165) is 0 Å². The molecule has 4 nitrogen and oxygen atoms in total. The summed E-state index contributed by atoms with van der Waals surface area (Å²) in [6.07, 6.45) is -3.93. The summed E-state index contributed by atoms with van der Waals surface area (Å²) in [5.74, 6) is -1.26. The van der Waals surface area contributed by atoms with Gasteiger partial charge in [0.1, 0.15) is 0 Å². The van der Waals surface area contributed by atoms with Crippen molar-refractivity contribution >= 4 is 5.91 Å². The molecule has 0 rings (SSSR count). The van der Waals surface area contributed by atoms with Gasteiger partial charge < -0.3 is 16.2 Å². The molecule has 0 aliphatic carbocycles. The molecule has 4 N–H and O–H groups in total. The molecule has 0 aromatic rings. The van der Waals surface area contributed by atoms with E-state index in [4.69, 9.17) is 10.8 Å². The first kappa shape index (κ1) is 14.2. The fraction of sp³-hybridized carbons (Fsp3) is 0.875. The summed E-state index contributed by atoms with van der Waals surface area (Å²) in [5, 5.41) is 10.5. The quantitative estimate of drug-likeness (QED) is 0.586. The molecule has 0 spiro atoms. The Labute approximate surface area is 85.6 Å². The summed E-state index contributed by atoms with van der Waals surface area (Å²) >= 11 is 0. The van der Waals surface area contributed by atoms with Crippen LogP contribution in [0.4, 0.5) is 13.2 Å². The minimum atomic E-state index is -4.77. The monoisotopic (exact) mass is 228 g/mol. The van der Waals surface area contributed by atoms with Crippen molar-refractivity contribution in [3.8, 4) is 0 Å². The maximum absolute atomic E-state index is 12.2. The lowest BCUT2D eigenvalue weighted by molar-refractivity contribution is -0.187. The molecule has 1 atom stereocenters. The van der Waals surface area contributed by atoms with Crippen molar-refractivity contribution in [1.29, 1.82) is 0 Å². The Morgan fingerprint density at radius 1 is 1.40 bits per heavy atom. The molecule has 15 heavy (non-hydrogen) atoms. The van der Waals surface area contributed by atoms with Gasteiger partial charge >= 0.3 is 6.18 Å². The van der Waals surface area contributed by atoms with Gasteiger partial charge in [0.05, 0.1) is 0 Å². The summed E-state index contributed by atoms with van der Waals surface area (Å²) in [4.78, 5) is 11.1. The molecule has 0 aliphatic heterocycles. The maximum Gasteiger partial charge on any atom is 0.415 e. The Kier molecular flexibility index (Phi) is 5.02. The van der Waals surface area contributed by atoms with Crippen molar-refractivity contribution in [2.75, 3.05) is 13.2 Å². The number of aliphatic hydroxyl groups excluding tert-OH is 1. The van der Waals surface area contributed by atoms with E-state index >= 15 is 0 Å². The molecule has 0 radical (unpaired) electrons. The number of rotatable bonds is 5. The van der Waals surface area contributed by atoms with Gasteiger partial charge in [-0.1, -0.05) is 0 Å². The van der Waals surface area contributed by atoms with Gasteiger partial charge in [0.2, 0.25) is 5.91 Å². The predicted octanol–water partition coefficient (Wildman–Crippen LogP) is 0.155. The van der Waals surface area contributed by atoms with E-state index < -0.39 is 17.6 Å². The van der Waals surface area contributed by atoms with E-state index in [1.54, 1.807) is 0 Å². The molecule has 0 aromatic heterocycles. The number of aliphatic hydroxyl groups is 1. The first-order valence-electron chi connectivity index (χ1n) is 4.48. The second-order valence-electron chi connectivity index (χ2n) is 3.39. The molecule has 7 heteroatoms. The highest BCUT2D eigenvalue weighted by atomic mass is 19.4. The molecular formula is C8H15F3N2O2. The SMILES string of the molecule is CC(N)(C(=O)NCCCCO)C(F)(F)F. The van der Waals surface area contributed by atoms with Crippen LogP contribution in [0.25, 0.3) is 0 Å². The van der Waals surface area contributed by atoms with Crippen molar-refractivity contribution in [2.24, 2.45) is 5.73 Å². The summed E-state index contributed by atoms with van der Waals surface area (Å²) in [7, 11) is 0. The largest absolute Gasteiger partial charge is 0.415 e. The molecule has 90 valence electrons. The summed E-state index contributed by atoms with van der Waals surface area (Å²) in [6, 6.07) is 0. The third kappa shape index (κ3) is 4.05. The minimum absolute atomic E-state index is 0.0605. The van der Waals surface area contributed by atoms with Crippen LogP contribution in [-0.4, -0.2) is 35.9 Å². The first-order valence-corrected chi connectivity index (χ1v) is 4.48. The molecular weight excluding hydrogens is 213 g/mol. The topological polar surface area (TPSA) is 75.4 Å². The second-order valence-corrected chi connectivity index (χ2v) is 3.39. The van der Waals surface area contributed by atoms with Gasteiger partial charge in [-0.3, -0.25) is 4.79 Å². The number of nitrogens with two attached hydrogens (primary N) is 1. The highest BCUT2D eigenvalue weighted by Gasteiger charge is 2.53. The molecule has 0 saturated heterocycles. The van der Waals surface area contributed by atoms with Crippen LogP contribution in [0.2, 0.25) is 0 Å². The van der Waals surface area contributed by atoms with Gasteiger partial charge in [0, 0.05) is 13.2 Å². The van der Waals surface area contributed by atoms with Crippen LogP contribution in [-0.2, 0) is 4.79 Å². The summed E-state index contributed by atoms with van der Waals surface area (Å²) in [5.41, 5.74) is 2.00. The van der Waals surface area contributed by atoms with Crippen LogP contribution >= 0.6 is 0 Å². The van der Waals surface area contributed by atoms with Crippen molar-refractivity contribution < 1.29 is 23.1 Å². The molecule has 0 heterocycles. The smallest absolute Gasteiger partial charge is 0.396 e. The molecule has 1 amide bonds. The number of unbranched alkanes of at least 4 members (excludes halogenated alkanes) is 1. The van der Waals surface area contributed by atoms with Crippen molar-refractivity contribution in [3.63, 3.8) is 0 Å². The van der Waals surface area contributed by atoms with Crippen molar-refractivity contribution in [2.45, 2.75) is 31.5 Å². The van der Waals surface area contributed by atoms with E-state index in [1.807, 2.05) is 0 Å². The Bertz CT molecular complexity index is 216. The van der Waals surface area contributed by atoms with Crippen molar-refractivity contribution in [1.82, 2.24) is 5.32 Å². The summed E-state index contributed by atoms with van der Waals surface area (Å²) < 4.78 is 36.7. The Balaban J connectivity index is 4.10. The number of carbonyl (C=O) groups is 1. The molecule has 0 fully saturated rings. The molecule has 0 aliphatic rings. The standard InChI is InChI=1S/C8H15F3N2O2/c1-7(12,8(9,10)11)6(15)13-4-2-3-5-14/h14H,2-5,12H2,1H3,(H,13,15). The molecule has 0 aromatic carbocycles. The molecule has 0 saturated carbocycles. The zero-order valence-corrected chi connectivity index (χ0v) is 8.40. The third-order valence-electron chi connectivity index (χ3n) is 1.93. The highest BCUT2D eigenvalue weighted by molar-refractivity contribution is 5.86. The van der Waals surface area contributed by atoms with Crippen molar-refractivity contribution in [3.05, 3.63) is 0 Å². The van der Waals surface area contributed by atoms with Gasteiger partial charge in [0.15, 0.2) is 5.54 Å². The Morgan fingerprint density at radius 3 is 2.33 bits per heavy atom. The second kappa shape index (κ2) is 5.32. The van der Waals surface area contributed by atoms with E-state index in [-0.39, 0.29) is 13.2 Å². The number of hydrogen-bond donors (Lipinski definition) is 3. The number of amides is 1.